The average Bonchev–Trinajstić information content (AvgIpc) is 3.04. The van der Waals surface area contributed by atoms with E-state index >= 15 is 0 Å². The molecule has 0 radical (unpaired) electrons. The maximum atomic E-state index is 12.7. The number of nitrogens with zero attached hydrogens (tertiary/aromatic N) is 3. The molecule has 8 heteroatoms. The molecule has 0 N–H and O–H groups in total. The molecule has 7 nitrogen and oxygen atoms in total. The fourth-order valence-corrected chi connectivity index (χ4v) is 5.18. The second-order valence-electron chi connectivity index (χ2n) is 7.89. The lowest BCUT2D eigenvalue weighted by molar-refractivity contribution is -0.132. The first-order valence-corrected chi connectivity index (χ1v) is 11.6. The first-order valence-electron chi connectivity index (χ1n) is 9.95. The van der Waals surface area contributed by atoms with Gasteiger partial charge in [-0.15, -0.1) is 0 Å². The molecule has 0 unspecified atom stereocenters. The number of carbonyl (C=O) groups excluding carboxylic acids is 2. The van der Waals surface area contributed by atoms with Gasteiger partial charge in [0.15, 0.2) is 0 Å². The predicted octanol–water partition coefficient (Wildman–Crippen LogP) is 1.95. The second kappa shape index (κ2) is 8.51. The molecule has 0 bridgehead atoms. The molecule has 2 fully saturated rings. The Balaban J connectivity index is 1.56. The van der Waals surface area contributed by atoms with E-state index in [-0.39, 0.29) is 17.6 Å². The summed E-state index contributed by atoms with van der Waals surface area (Å²) < 4.78 is 25.4. The number of piperazine rings is 1. The highest BCUT2D eigenvalue weighted by Crippen LogP contribution is 2.24. The molecular weight excluding hydrogens is 378 g/mol. The summed E-state index contributed by atoms with van der Waals surface area (Å²) in [5.74, 6) is 0.765. The summed E-state index contributed by atoms with van der Waals surface area (Å²) in [7, 11) is -3.22. The van der Waals surface area contributed by atoms with Gasteiger partial charge < -0.3 is 9.80 Å². The van der Waals surface area contributed by atoms with Crippen LogP contribution in [0.5, 0.6) is 0 Å². The third kappa shape index (κ3) is 4.66. The zero-order chi connectivity index (χ0) is 20.3. The Labute approximate surface area is 167 Å². The van der Waals surface area contributed by atoms with Gasteiger partial charge >= 0.3 is 0 Å². The molecule has 2 heterocycles. The standard InChI is InChI=1S/C20H29N3O4S/c1-16(2)4-9-19(24)21-11-13-22(14-12-21)20(25)17-5-7-18(8-6-17)23-10-3-15-28(23,26)27/h5-8,16H,3-4,9-15H2,1-2H3. The molecule has 3 rings (SSSR count). The molecule has 1 aromatic rings. The van der Waals surface area contributed by atoms with Crippen LogP contribution in [0.3, 0.4) is 0 Å². The number of amides is 2. The minimum atomic E-state index is -3.22. The van der Waals surface area contributed by atoms with Crippen LogP contribution in [0.2, 0.25) is 0 Å². The van der Waals surface area contributed by atoms with E-state index in [1.54, 1.807) is 29.2 Å². The van der Waals surface area contributed by atoms with Gasteiger partial charge in [0.1, 0.15) is 0 Å². The van der Waals surface area contributed by atoms with Crippen LogP contribution in [0.25, 0.3) is 0 Å². The number of sulfonamides is 1. The van der Waals surface area contributed by atoms with E-state index < -0.39 is 10.0 Å². The van der Waals surface area contributed by atoms with E-state index in [2.05, 4.69) is 13.8 Å². The monoisotopic (exact) mass is 407 g/mol. The molecule has 2 saturated heterocycles. The minimum absolute atomic E-state index is 0.0786. The number of hydrogen-bond acceptors (Lipinski definition) is 4. The van der Waals surface area contributed by atoms with Crippen molar-refractivity contribution in [2.45, 2.75) is 33.1 Å². The molecule has 0 saturated carbocycles. The molecule has 2 amide bonds. The van der Waals surface area contributed by atoms with Crippen molar-refractivity contribution in [1.29, 1.82) is 0 Å². The van der Waals surface area contributed by atoms with Gasteiger partial charge in [-0.3, -0.25) is 13.9 Å². The predicted molar refractivity (Wildman–Crippen MR) is 109 cm³/mol. The topological polar surface area (TPSA) is 78.0 Å². The Bertz CT molecular complexity index is 812. The van der Waals surface area contributed by atoms with Crippen LogP contribution >= 0.6 is 0 Å². The highest BCUT2D eigenvalue weighted by Gasteiger charge is 2.29. The molecule has 2 aliphatic heterocycles. The van der Waals surface area contributed by atoms with Crippen molar-refractivity contribution >= 4 is 27.5 Å². The van der Waals surface area contributed by atoms with E-state index in [0.29, 0.717) is 62.7 Å². The lowest BCUT2D eigenvalue weighted by atomic mass is 10.1. The van der Waals surface area contributed by atoms with Gasteiger partial charge in [0.05, 0.1) is 11.4 Å². The quantitative estimate of drug-likeness (QED) is 0.747. The minimum Gasteiger partial charge on any atom is -0.339 e. The van der Waals surface area contributed by atoms with Gasteiger partial charge in [0.2, 0.25) is 15.9 Å². The van der Waals surface area contributed by atoms with E-state index in [0.717, 1.165) is 6.42 Å². The van der Waals surface area contributed by atoms with Gasteiger partial charge in [-0.05, 0) is 43.0 Å². The molecule has 154 valence electrons. The Morgan fingerprint density at radius 2 is 1.57 bits per heavy atom. The Kier molecular flexibility index (Phi) is 6.27. The zero-order valence-corrected chi connectivity index (χ0v) is 17.5. The van der Waals surface area contributed by atoms with Crippen LogP contribution < -0.4 is 4.31 Å². The molecule has 0 aromatic heterocycles. The third-order valence-electron chi connectivity index (χ3n) is 5.36. The smallest absolute Gasteiger partial charge is 0.253 e. The molecule has 0 aliphatic carbocycles. The molecule has 1 aromatic carbocycles. The van der Waals surface area contributed by atoms with Crippen molar-refractivity contribution in [2.24, 2.45) is 5.92 Å². The van der Waals surface area contributed by atoms with Crippen molar-refractivity contribution in [3.05, 3.63) is 29.8 Å². The van der Waals surface area contributed by atoms with Gasteiger partial charge in [0, 0.05) is 44.7 Å². The zero-order valence-electron chi connectivity index (χ0n) is 16.6. The van der Waals surface area contributed by atoms with Gasteiger partial charge in [-0.25, -0.2) is 8.42 Å². The molecule has 0 atom stereocenters. The van der Waals surface area contributed by atoms with E-state index in [1.165, 1.54) is 4.31 Å². The van der Waals surface area contributed by atoms with Crippen LogP contribution in [0.4, 0.5) is 5.69 Å². The summed E-state index contributed by atoms with van der Waals surface area (Å²) in [4.78, 5) is 28.6. The molecular formula is C20H29N3O4S. The summed E-state index contributed by atoms with van der Waals surface area (Å²) in [6.45, 7) is 6.87. The second-order valence-corrected chi connectivity index (χ2v) is 9.91. The number of carbonyl (C=O) groups is 2. The highest BCUT2D eigenvalue weighted by atomic mass is 32.2. The molecule has 2 aliphatic rings. The summed E-state index contributed by atoms with van der Waals surface area (Å²) in [6.07, 6.45) is 2.08. The highest BCUT2D eigenvalue weighted by molar-refractivity contribution is 7.93. The van der Waals surface area contributed by atoms with Crippen LogP contribution in [-0.2, 0) is 14.8 Å². The first-order chi connectivity index (χ1) is 13.3. The van der Waals surface area contributed by atoms with Crippen LogP contribution in [0, 0.1) is 5.92 Å². The SMILES string of the molecule is CC(C)CCC(=O)N1CCN(C(=O)c2ccc(N3CCCS3(=O)=O)cc2)CC1. The summed E-state index contributed by atoms with van der Waals surface area (Å²) in [5, 5.41) is 0. The van der Waals surface area contributed by atoms with Crippen LogP contribution in [0.1, 0.15) is 43.5 Å². The van der Waals surface area contributed by atoms with Crippen molar-refractivity contribution < 1.29 is 18.0 Å². The summed E-state index contributed by atoms with van der Waals surface area (Å²) in [5.41, 5.74) is 1.15. The maximum Gasteiger partial charge on any atom is 0.253 e. The van der Waals surface area contributed by atoms with E-state index in [1.807, 2.05) is 4.90 Å². The largest absolute Gasteiger partial charge is 0.339 e. The van der Waals surface area contributed by atoms with Crippen LogP contribution in [-0.4, -0.2) is 68.5 Å². The number of anilines is 1. The van der Waals surface area contributed by atoms with Crippen molar-refractivity contribution in [1.82, 2.24) is 9.80 Å². The van der Waals surface area contributed by atoms with Crippen LogP contribution in [0.15, 0.2) is 24.3 Å². The Morgan fingerprint density at radius 3 is 2.11 bits per heavy atom. The van der Waals surface area contributed by atoms with Gasteiger partial charge in [-0.1, -0.05) is 13.8 Å². The fourth-order valence-electron chi connectivity index (χ4n) is 3.61. The fraction of sp³-hybridized carbons (Fsp3) is 0.600. The maximum absolute atomic E-state index is 12.7. The number of benzene rings is 1. The van der Waals surface area contributed by atoms with Crippen molar-refractivity contribution in [3.63, 3.8) is 0 Å². The molecule has 0 spiro atoms. The van der Waals surface area contributed by atoms with E-state index in [4.69, 9.17) is 0 Å². The summed E-state index contributed by atoms with van der Waals surface area (Å²) in [6, 6.07) is 6.76. The van der Waals surface area contributed by atoms with E-state index in [9.17, 15) is 18.0 Å². The normalized spacial score (nSPS) is 19.3. The van der Waals surface area contributed by atoms with Gasteiger partial charge in [-0.2, -0.15) is 0 Å². The number of hydrogen-bond donors (Lipinski definition) is 0. The average molecular weight is 408 g/mol. The lowest BCUT2D eigenvalue weighted by Gasteiger charge is -2.35. The van der Waals surface area contributed by atoms with Crippen molar-refractivity contribution in [3.8, 4) is 0 Å². The Morgan fingerprint density at radius 1 is 0.964 bits per heavy atom. The lowest BCUT2D eigenvalue weighted by Crippen LogP contribution is -2.50. The number of rotatable bonds is 5. The summed E-state index contributed by atoms with van der Waals surface area (Å²) >= 11 is 0. The first kappa shape index (κ1) is 20.6. The third-order valence-corrected chi connectivity index (χ3v) is 7.23. The molecule has 28 heavy (non-hydrogen) atoms. The van der Waals surface area contributed by atoms with Gasteiger partial charge in [0.25, 0.3) is 5.91 Å². The van der Waals surface area contributed by atoms with Crippen molar-refractivity contribution in [2.75, 3.05) is 42.8 Å². The Hall–Kier alpha value is -2.09.